The summed E-state index contributed by atoms with van der Waals surface area (Å²) in [7, 11) is 0. The molecule has 2 aromatic rings. The molecule has 1 aromatic heterocycles. The Labute approximate surface area is 113 Å². The number of rotatable bonds is 4. The molecule has 4 N–H and O–H groups in total. The molecule has 0 aliphatic heterocycles. The number of benzene rings is 1. The Bertz CT molecular complexity index is 542. The van der Waals surface area contributed by atoms with Crippen LogP contribution in [0.5, 0.6) is 0 Å². The predicted molar refractivity (Wildman–Crippen MR) is 77.6 cm³/mol. The monoisotopic (exact) mass is 257 g/mol. The number of aromatic nitrogens is 2. The van der Waals surface area contributed by atoms with Crippen molar-refractivity contribution in [2.24, 2.45) is 10.7 Å². The Morgan fingerprint density at radius 1 is 1.37 bits per heavy atom. The van der Waals surface area contributed by atoms with Gasteiger partial charge in [-0.05, 0) is 19.4 Å². The van der Waals surface area contributed by atoms with E-state index in [1.165, 1.54) is 0 Å². The minimum Gasteiger partial charge on any atom is -0.370 e. The van der Waals surface area contributed by atoms with E-state index in [0.29, 0.717) is 12.5 Å². The van der Waals surface area contributed by atoms with Gasteiger partial charge in [-0.1, -0.05) is 30.3 Å². The van der Waals surface area contributed by atoms with E-state index in [1.54, 1.807) is 0 Å². The molecule has 0 saturated carbocycles. The smallest absolute Gasteiger partial charge is 0.189 e. The third-order valence-corrected chi connectivity index (χ3v) is 2.55. The Balaban J connectivity index is 2.02. The van der Waals surface area contributed by atoms with Gasteiger partial charge in [0.05, 0.1) is 11.9 Å². The first-order valence-electron chi connectivity index (χ1n) is 6.31. The maximum Gasteiger partial charge on any atom is 0.189 e. The summed E-state index contributed by atoms with van der Waals surface area (Å²) in [4.78, 5) is 11.8. The van der Waals surface area contributed by atoms with E-state index < -0.39 is 0 Å². The first kappa shape index (κ1) is 13.1. The number of H-pyrrole nitrogens is 1. The molecule has 0 saturated heterocycles. The fourth-order valence-electron chi connectivity index (χ4n) is 1.71. The molecule has 0 atom stereocenters. The van der Waals surface area contributed by atoms with Crippen LogP contribution in [0.4, 0.5) is 0 Å². The average Bonchev–Trinajstić information content (AvgIpc) is 2.85. The molecule has 0 spiro atoms. The van der Waals surface area contributed by atoms with Crippen molar-refractivity contribution in [3.63, 3.8) is 0 Å². The maximum atomic E-state index is 5.74. The van der Waals surface area contributed by atoms with Gasteiger partial charge in [0.1, 0.15) is 12.4 Å². The molecule has 1 heterocycles. The number of nitrogens with one attached hydrogen (secondary N) is 2. The van der Waals surface area contributed by atoms with Gasteiger partial charge in [-0.3, -0.25) is 0 Å². The zero-order valence-corrected chi connectivity index (χ0v) is 11.2. The van der Waals surface area contributed by atoms with E-state index in [1.807, 2.05) is 50.4 Å². The summed E-state index contributed by atoms with van der Waals surface area (Å²) in [6, 6.07) is 10.3. The van der Waals surface area contributed by atoms with Crippen LogP contribution in [0.3, 0.4) is 0 Å². The van der Waals surface area contributed by atoms with Crippen LogP contribution in [0.1, 0.15) is 19.7 Å². The van der Waals surface area contributed by atoms with Crippen LogP contribution < -0.4 is 11.1 Å². The summed E-state index contributed by atoms with van der Waals surface area (Å²) >= 11 is 0. The Morgan fingerprint density at radius 2 is 2.11 bits per heavy atom. The van der Waals surface area contributed by atoms with Gasteiger partial charge in [0.2, 0.25) is 0 Å². The number of hydrogen-bond acceptors (Lipinski definition) is 2. The molecule has 0 radical (unpaired) electrons. The summed E-state index contributed by atoms with van der Waals surface area (Å²) in [5.74, 6) is 1.24. The van der Waals surface area contributed by atoms with E-state index in [0.717, 1.165) is 17.1 Å². The second-order valence-electron chi connectivity index (χ2n) is 4.61. The lowest BCUT2D eigenvalue weighted by Gasteiger charge is -2.07. The number of guanidine groups is 1. The van der Waals surface area contributed by atoms with Crippen LogP contribution in [0, 0.1) is 0 Å². The van der Waals surface area contributed by atoms with Crippen molar-refractivity contribution in [3.8, 4) is 11.3 Å². The summed E-state index contributed by atoms with van der Waals surface area (Å²) < 4.78 is 0. The van der Waals surface area contributed by atoms with Crippen molar-refractivity contribution in [1.29, 1.82) is 0 Å². The van der Waals surface area contributed by atoms with Crippen LogP contribution >= 0.6 is 0 Å². The van der Waals surface area contributed by atoms with Crippen molar-refractivity contribution in [1.82, 2.24) is 15.3 Å². The first-order valence-corrected chi connectivity index (χ1v) is 6.31. The van der Waals surface area contributed by atoms with Gasteiger partial charge in [0.15, 0.2) is 5.96 Å². The summed E-state index contributed by atoms with van der Waals surface area (Å²) in [5, 5.41) is 3.04. The van der Waals surface area contributed by atoms with Crippen LogP contribution in [0.2, 0.25) is 0 Å². The van der Waals surface area contributed by atoms with Gasteiger partial charge in [0, 0.05) is 6.04 Å². The Kier molecular flexibility index (Phi) is 4.18. The van der Waals surface area contributed by atoms with Crippen molar-refractivity contribution in [3.05, 3.63) is 42.4 Å². The quantitative estimate of drug-likeness (QED) is 0.578. The molecule has 0 aliphatic carbocycles. The number of imidazole rings is 1. The molecule has 0 unspecified atom stereocenters. The molecule has 0 amide bonds. The minimum absolute atomic E-state index is 0.278. The van der Waals surface area contributed by atoms with Crippen LogP contribution in [0.15, 0.2) is 41.5 Å². The van der Waals surface area contributed by atoms with Crippen LogP contribution in [0.25, 0.3) is 11.3 Å². The molecule has 0 bridgehead atoms. The third-order valence-electron chi connectivity index (χ3n) is 2.55. The van der Waals surface area contributed by atoms with Crippen molar-refractivity contribution < 1.29 is 0 Å². The van der Waals surface area contributed by atoms with Crippen LogP contribution in [-0.4, -0.2) is 22.0 Å². The second-order valence-corrected chi connectivity index (χ2v) is 4.61. The first-order chi connectivity index (χ1) is 9.15. The van der Waals surface area contributed by atoms with E-state index in [2.05, 4.69) is 20.3 Å². The molecule has 5 heteroatoms. The minimum atomic E-state index is 0.278. The van der Waals surface area contributed by atoms with Crippen molar-refractivity contribution in [2.45, 2.75) is 26.4 Å². The average molecular weight is 257 g/mol. The SMILES string of the molecule is CC(C)NC(N)=NCc1ncc(-c2ccccc2)[nH]1. The van der Waals surface area contributed by atoms with Gasteiger partial charge in [-0.15, -0.1) is 0 Å². The normalized spacial score (nSPS) is 11.8. The highest BCUT2D eigenvalue weighted by Gasteiger charge is 2.02. The number of nitrogens with two attached hydrogens (primary N) is 1. The van der Waals surface area contributed by atoms with E-state index in [9.17, 15) is 0 Å². The molecule has 2 rings (SSSR count). The lowest BCUT2D eigenvalue weighted by atomic mass is 10.2. The summed E-state index contributed by atoms with van der Waals surface area (Å²) in [6.07, 6.45) is 1.81. The number of hydrogen-bond donors (Lipinski definition) is 3. The summed E-state index contributed by atoms with van der Waals surface area (Å²) in [5.41, 5.74) is 7.83. The van der Waals surface area contributed by atoms with Crippen molar-refractivity contribution >= 4 is 5.96 Å². The largest absolute Gasteiger partial charge is 0.370 e. The van der Waals surface area contributed by atoms with E-state index in [-0.39, 0.29) is 6.04 Å². The highest BCUT2D eigenvalue weighted by molar-refractivity contribution is 5.78. The van der Waals surface area contributed by atoms with Gasteiger partial charge in [0.25, 0.3) is 0 Å². The Morgan fingerprint density at radius 3 is 2.79 bits per heavy atom. The van der Waals surface area contributed by atoms with Crippen molar-refractivity contribution in [2.75, 3.05) is 0 Å². The number of aromatic amines is 1. The molecule has 100 valence electrons. The predicted octanol–water partition coefficient (Wildman–Crippen LogP) is 1.89. The molecule has 1 aromatic carbocycles. The Hall–Kier alpha value is -2.30. The maximum absolute atomic E-state index is 5.74. The van der Waals surface area contributed by atoms with Gasteiger partial charge >= 0.3 is 0 Å². The number of nitrogens with zero attached hydrogens (tertiary/aromatic N) is 2. The van der Waals surface area contributed by atoms with Crippen LogP contribution in [-0.2, 0) is 6.54 Å². The molecular weight excluding hydrogens is 238 g/mol. The number of aliphatic imine (C=N–C) groups is 1. The fourth-order valence-corrected chi connectivity index (χ4v) is 1.71. The third kappa shape index (κ3) is 3.84. The lowest BCUT2D eigenvalue weighted by Crippen LogP contribution is -2.36. The van der Waals surface area contributed by atoms with E-state index in [4.69, 9.17) is 5.73 Å². The topological polar surface area (TPSA) is 79.1 Å². The highest BCUT2D eigenvalue weighted by atomic mass is 15.1. The summed E-state index contributed by atoms with van der Waals surface area (Å²) in [6.45, 7) is 4.48. The standard InChI is InChI=1S/C14H19N5/c1-10(2)18-14(15)17-9-13-16-8-12(19-13)11-6-4-3-5-7-11/h3-8,10H,9H2,1-2H3,(H,16,19)(H3,15,17,18). The zero-order valence-electron chi connectivity index (χ0n) is 11.2. The van der Waals surface area contributed by atoms with Gasteiger partial charge < -0.3 is 16.0 Å². The molecule has 0 aliphatic rings. The van der Waals surface area contributed by atoms with Gasteiger partial charge in [-0.2, -0.15) is 0 Å². The second kappa shape index (κ2) is 6.04. The lowest BCUT2D eigenvalue weighted by molar-refractivity contribution is 0.722. The molecule has 19 heavy (non-hydrogen) atoms. The van der Waals surface area contributed by atoms with E-state index >= 15 is 0 Å². The molecular formula is C14H19N5. The molecule has 0 fully saturated rings. The molecule has 5 nitrogen and oxygen atoms in total. The zero-order chi connectivity index (χ0) is 13.7. The highest BCUT2D eigenvalue weighted by Crippen LogP contribution is 2.16. The fraction of sp³-hybridized carbons (Fsp3) is 0.286. The van der Waals surface area contributed by atoms with Gasteiger partial charge in [-0.25, -0.2) is 9.98 Å².